The molecule has 7 heteroatoms. The van der Waals surface area contributed by atoms with Crippen LogP contribution in [0.4, 0.5) is 4.39 Å². The van der Waals surface area contributed by atoms with Gasteiger partial charge in [-0.1, -0.05) is 19.1 Å². The minimum atomic E-state index is -3.65. The van der Waals surface area contributed by atoms with Gasteiger partial charge in [0.25, 0.3) is 10.0 Å². The van der Waals surface area contributed by atoms with E-state index in [0.717, 1.165) is 0 Å². The number of hydrogen-bond acceptors (Lipinski definition) is 3. The SMILES string of the molecule is CCc1ncc(S(=O)(=O)NCc2cc(C)c(F)c(C)c2)[nH]1. The summed E-state index contributed by atoms with van der Waals surface area (Å²) in [4.78, 5) is 6.72. The highest BCUT2D eigenvalue weighted by molar-refractivity contribution is 7.89. The minimum absolute atomic E-state index is 0.0369. The van der Waals surface area contributed by atoms with Gasteiger partial charge in [-0.3, -0.25) is 0 Å². The van der Waals surface area contributed by atoms with E-state index >= 15 is 0 Å². The topological polar surface area (TPSA) is 74.8 Å². The van der Waals surface area contributed by atoms with Gasteiger partial charge >= 0.3 is 0 Å². The summed E-state index contributed by atoms with van der Waals surface area (Å²) in [6, 6.07) is 3.27. The van der Waals surface area contributed by atoms with Gasteiger partial charge in [0.1, 0.15) is 11.6 Å². The van der Waals surface area contributed by atoms with Crippen molar-refractivity contribution in [3.63, 3.8) is 0 Å². The van der Waals surface area contributed by atoms with Gasteiger partial charge in [-0.2, -0.15) is 0 Å². The van der Waals surface area contributed by atoms with E-state index in [9.17, 15) is 12.8 Å². The molecule has 0 amide bonds. The van der Waals surface area contributed by atoms with E-state index in [0.29, 0.717) is 28.9 Å². The first-order valence-electron chi connectivity index (χ1n) is 6.62. The second-order valence-corrected chi connectivity index (χ2v) is 6.65. The number of H-pyrrole nitrogens is 1. The zero-order valence-corrected chi connectivity index (χ0v) is 13.0. The normalized spacial score (nSPS) is 11.8. The summed E-state index contributed by atoms with van der Waals surface area (Å²) in [6.45, 7) is 5.29. The van der Waals surface area contributed by atoms with Gasteiger partial charge in [-0.25, -0.2) is 22.5 Å². The summed E-state index contributed by atoms with van der Waals surface area (Å²) in [5.74, 6) is 0.353. The Kier molecular flexibility index (Phi) is 4.43. The lowest BCUT2D eigenvalue weighted by molar-refractivity contribution is 0.577. The molecule has 0 atom stereocenters. The van der Waals surface area contributed by atoms with Crippen LogP contribution in [0.3, 0.4) is 0 Å². The molecule has 2 N–H and O–H groups in total. The molecule has 0 radical (unpaired) electrons. The standard InChI is InChI=1S/C14H18FN3O2S/c1-4-12-16-8-13(18-12)21(19,20)17-7-11-5-9(2)14(15)10(3)6-11/h5-6,8,17H,4,7H2,1-3H3,(H,16,18). The fourth-order valence-corrected chi connectivity index (χ4v) is 3.01. The molecule has 0 aliphatic carbocycles. The maximum atomic E-state index is 13.5. The monoisotopic (exact) mass is 311 g/mol. The van der Waals surface area contributed by atoms with Gasteiger partial charge in [-0.05, 0) is 30.5 Å². The van der Waals surface area contributed by atoms with Crippen LogP contribution in [0.5, 0.6) is 0 Å². The number of nitrogens with one attached hydrogen (secondary N) is 2. The number of imidazole rings is 1. The Balaban J connectivity index is 2.15. The van der Waals surface area contributed by atoms with Gasteiger partial charge in [-0.15, -0.1) is 0 Å². The van der Waals surface area contributed by atoms with Gasteiger partial charge in [0.2, 0.25) is 0 Å². The van der Waals surface area contributed by atoms with E-state index < -0.39 is 10.0 Å². The molecule has 0 saturated carbocycles. The fourth-order valence-electron chi connectivity index (χ4n) is 2.05. The Bertz CT molecular complexity index is 730. The Hall–Kier alpha value is -1.73. The molecule has 1 heterocycles. The molecule has 0 aliphatic heterocycles. The van der Waals surface area contributed by atoms with Crippen LogP contribution in [-0.4, -0.2) is 18.4 Å². The maximum absolute atomic E-state index is 13.5. The third-order valence-electron chi connectivity index (χ3n) is 3.19. The largest absolute Gasteiger partial charge is 0.332 e. The highest BCUT2D eigenvalue weighted by atomic mass is 32.2. The second kappa shape index (κ2) is 5.95. The lowest BCUT2D eigenvalue weighted by Crippen LogP contribution is -2.23. The maximum Gasteiger partial charge on any atom is 0.257 e. The van der Waals surface area contributed by atoms with Crippen molar-refractivity contribution in [3.05, 3.63) is 46.7 Å². The molecule has 2 rings (SSSR count). The Labute approximate surface area is 123 Å². The van der Waals surface area contributed by atoms with Gasteiger partial charge < -0.3 is 4.98 Å². The first kappa shape index (κ1) is 15.7. The Morgan fingerprint density at radius 1 is 1.29 bits per heavy atom. The van der Waals surface area contributed by atoms with Crippen molar-refractivity contribution >= 4 is 10.0 Å². The molecule has 0 spiro atoms. The summed E-state index contributed by atoms with van der Waals surface area (Å²) in [7, 11) is -3.65. The van der Waals surface area contributed by atoms with Crippen LogP contribution in [0.1, 0.15) is 29.4 Å². The molecule has 1 aromatic heterocycles. The number of benzene rings is 1. The Morgan fingerprint density at radius 2 is 1.90 bits per heavy atom. The van der Waals surface area contributed by atoms with Crippen LogP contribution in [0.25, 0.3) is 0 Å². The van der Waals surface area contributed by atoms with Crippen molar-refractivity contribution in [2.45, 2.75) is 38.8 Å². The molecular formula is C14H18FN3O2S. The van der Waals surface area contributed by atoms with Gasteiger partial charge in [0, 0.05) is 13.0 Å². The van der Waals surface area contributed by atoms with E-state index in [-0.39, 0.29) is 17.4 Å². The van der Waals surface area contributed by atoms with Crippen molar-refractivity contribution in [2.75, 3.05) is 0 Å². The number of aryl methyl sites for hydroxylation is 3. The van der Waals surface area contributed by atoms with Crippen LogP contribution in [0.2, 0.25) is 0 Å². The lowest BCUT2D eigenvalue weighted by Gasteiger charge is -2.08. The number of aromatic nitrogens is 2. The molecule has 1 aromatic carbocycles. The average molecular weight is 311 g/mol. The smallest absolute Gasteiger partial charge is 0.257 e. The van der Waals surface area contributed by atoms with Crippen LogP contribution >= 0.6 is 0 Å². The van der Waals surface area contributed by atoms with Crippen LogP contribution in [-0.2, 0) is 23.0 Å². The van der Waals surface area contributed by atoms with Crippen LogP contribution < -0.4 is 4.72 Å². The predicted molar refractivity (Wildman–Crippen MR) is 77.9 cm³/mol. The van der Waals surface area contributed by atoms with Crippen molar-refractivity contribution in [1.29, 1.82) is 0 Å². The summed E-state index contributed by atoms with van der Waals surface area (Å²) in [5, 5.41) is 0.0369. The molecular weight excluding hydrogens is 293 g/mol. The third-order valence-corrected chi connectivity index (χ3v) is 4.50. The number of rotatable bonds is 5. The summed E-state index contributed by atoms with van der Waals surface area (Å²) >= 11 is 0. The predicted octanol–water partition coefficient (Wildman–Crippen LogP) is 2.21. The molecule has 0 unspecified atom stereocenters. The average Bonchev–Trinajstić information content (AvgIpc) is 2.92. The number of hydrogen-bond donors (Lipinski definition) is 2. The summed E-state index contributed by atoms with van der Waals surface area (Å²) < 4.78 is 40.3. The van der Waals surface area contributed by atoms with E-state index in [4.69, 9.17) is 0 Å². The molecule has 114 valence electrons. The lowest BCUT2D eigenvalue weighted by atomic mass is 10.1. The zero-order chi connectivity index (χ0) is 15.6. The fraction of sp³-hybridized carbons (Fsp3) is 0.357. The molecule has 21 heavy (non-hydrogen) atoms. The van der Waals surface area contributed by atoms with Crippen molar-refractivity contribution in [1.82, 2.24) is 14.7 Å². The molecule has 0 fully saturated rings. The van der Waals surface area contributed by atoms with Gasteiger partial charge in [0.15, 0.2) is 5.03 Å². The molecule has 0 bridgehead atoms. The Morgan fingerprint density at radius 3 is 2.43 bits per heavy atom. The van der Waals surface area contributed by atoms with Crippen molar-refractivity contribution in [2.24, 2.45) is 0 Å². The molecule has 5 nitrogen and oxygen atoms in total. The van der Waals surface area contributed by atoms with E-state index in [1.165, 1.54) is 6.20 Å². The minimum Gasteiger partial charge on any atom is -0.332 e. The van der Waals surface area contributed by atoms with E-state index in [1.807, 2.05) is 6.92 Å². The number of aromatic amines is 1. The summed E-state index contributed by atoms with van der Waals surface area (Å²) in [5.41, 5.74) is 1.71. The zero-order valence-electron chi connectivity index (χ0n) is 12.2. The second-order valence-electron chi connectivity index (χ2n) is 4.92. The summed E-state index contributed by atoms with van der Waals surface area (Å²) in [6.07, 6.45) is 1.92. The number of halogens is 1. The number of sulfonamides is 1. The quantitative estimate of drug-likeness (QED) is 0.889. The molecule has 0 saturated heterocycles. The van der Waals surface area contributed by atoms with E-state index in [2.05, 4.69) is 14.7 Å². The van der Waals surface area contributed by atoms with Crippen LogP contribution in [0.15, 0.2) is 23.4 Å². The number of nitrogens with zero attached hydrogens (tertiary/aromatic N) is 1. The molecule has 2 aromatic rings. The van der Waals surface area contributed by atoms with E-state index in [1.54, 1.807) is 26.0 Å². The van der Waals surface area contributed by atoms with Crippen LogP contribution in [0, 0.1) is 19.7 Å². The van der Waals surface area contributed by atoms with Crippen molar-refractivity contribution < 1.29 is 12.8 Å². The highest BCUT2D eigenvalue weighted by Gasteiger charge is 2.17. The first-order valence-corrected chi connectivity index (χ1v) is 8.11. The highest BCUT2D eigenvalue weighted by Crippen LogP contribution is 2.15. The van der Waals surface area contributed by atoms with Crippen molar-refractivity contribution in [3.8, 4) is 0 Å². The first-order chi connectivity index (χ1) is 9.83. The van der Waals surface area contributed by atoms with Gasteiger partial charge in [0.05, 0.1) is 6.20 Å². The third kappa shape index (κ3) is 3.48. The molecule has 0 aliphatic rings.